The van der Waals surface area contributed by atoms with E-state index in [9.17, 15) is 18.3 Å². The molecule has 0 saturated carbocycles. The Morgan fingerprint density at radius 3 is 2.42 bits per heavy atom. The molecular weight excluding hydrogens is 504 g/mol. The van der Waals surface area contributed by atoms with E-state index in [1.807, 2.05) is 30.3 Å². The first-order valence-electron chi connectivity index (χ1n) is 11.2. The van der Waals surface area contributed by atoms with Crippen LogP contribution in [0.1, 0.15) is 24.3 Å². The average molecular weight is 527 g/mol. The molecule has 1 N–H and O–H groups in total. The summed E-state index contributed by atoms with van der Waals surface area (Å²) in [6.45, 7) is 1.92. The van der Waals surface area contributed by atoms with Crippen LogP contribution < -0.4 is 9.04 Å². The Morgan fingerprint density at radius 1 is 1.06 bits per heavy atom. The molecule has 10 heteroatoms. The van der Waals surface area contributed by atoms with Crippen molar-refractivity contribution in [2.75, 3.05) is 10.9 Å². The molecule has 3 aromatic carbocycles. The molecule has 5 rings (SSSR count). The molecule has 0 fully saturated rings. The van der Waals surface area contributed by atoms with Crippen molar-refractivity contribution in [3.8, 4) is 5.75 Å². The Balaban J connectivity index is 1.31. The lowest BCUT2D eigenvalue weighted by atomic mass is 10.1. The van der Waals surface area contributed by atoms with Crippen molar-refractivity contribution in [3.63, 3.8) is 0 Å². The summed E-state index contributed by atoms with van der Waals surface area (Å²) in [5.41, 5.74) is 2.61. The highest BCUT2D eigenvalue weighted by molar-refractivity contribution is 7.93. The predicted octanol–water partition coefficient (Wildman–Crippen LogP) is 4.69. The predicted molar refractivity (Wildman–Crippen MR) is 134 cm³/mol. The molecule has 0 aliphatic carbocycles. The molecule has 2 heterocycles. The van der Waals surface area contributed by atoms with E-state index in [1.54, 1.807) is 31.2 Å². The Bertz CT molecular complexity index is 1430. The van der Waals surface area contributed by atoms with Gasteiger partial charge in [-0.05, 0) is 42.8 Å². The molecule has 3 aromatic rings. The van der Waals surface area contributed by atoms with Crippen LogP contribution in [0.25, 0.3) is 0 Å². The molecule has 0 amide bonds. The van der Waals surface area contributed by atoms with Crippen molar-refractivity contribution in [2.45, 2.75) is 30.5 Å². The van der Waals surface area contributed by atoms with Crippen molar-refractivity contribution in [1.82, 2.24) is 4.42 Å². The van der Waals surface area contributed by atoms with Gasteiger partial charge in [0.25, 0.3) is 10.0 Å². The number of rotatable bonds is 7. The van der Waals surface area contributed by atoms with Crippen LogP contribution in [0.4, 0.5) is 5.69 Å². The van der Waals surface area contributed by atoms with Gasteiger partial charge in [0, 0.05) is 23.8 Å². The molecule has 8 nitrogen and oxygen atoms in total. The summed E-state index contributed by atoms with van der Waals surface area (Å²) in [7, 11) is -4.11. The van der Waals surface area contributed by atoms with Crippen LogP contribution in [0.15, 0.2) is 95.2 Å². The third kappa shape index (κ3) is 4.25. The number of carboxylic acid groups (broad SMARTS) is 1. The van der Waals surface area contributed by atoms with E-state index < -0.39 is 28.3 Å². The maximum absolute atomic E-state index is 13.4. The van der Waals surface area contributed by atoms with Gasteiger partial charge in [0.05, 0.1) is 10.6 Å². The Labute approximate surface area is 214 Å². The number of carboxylic acids is 1. The first-order chi connectivity index (χ1) is 17.3. The van der Waals surface area contributed by atoms with Crippen molar-refractivity contribution >= 4 is 33.5 Å². The van der Waals surface area contributed by atoms with E-state index in [4.69, 9.17) is 21.3 Å². The third-order valence-electron chi connectivity index (χ3n) is 6.21. The van der Waals surface area contributed by atoms with E-state index in [-0.39, 0.29) is 17.9 Å². The summed E-state index contributed by atoms with van der Waals surface area (Å²) in [5.74, 6) is -0.138. The maximum Gasteiger partial charge on any atom is 0.327 e. The summed E-state index contributed by atoms with van der Waals surface area (Å²) in [6, 6.07) is 21.0. The first kappa shape index (κ1) is 24.0. The van der Waals surface area contributed by atoms with Crippen LogP contribution in [0, 0.1) is 0 Å². The second-order valence-corrected chi connectivity index (χ2v) is 10.6. The van der Waals surface area contributed by atoms with Crippen molar-refractivity contribution in [1.29, 1.82) is 0 Å². The van der Waals surface area contributed by atoms with Gasteiger partial charge in [0.1, 0.15) is 29.9 Å². The lowest BCUT2D eigenvalue weighted by Gasteiger charge is -2.24. The molecule has 0 spiro atoms. The molecule has 2 atom stereocenters. The highest BCUT2D eigenvalue weighted by Crippen LogP contribution is 2.39. The Morgan fingerprint density at radius 2 is 1.72 bits per heavy atom. The third-order valence-corrected chi connectivity index (χ3v) is 8.43. The standard InChI is InChI=1S/C26H23ClN2O6S/c1-17-24(28(27)25(35-17)18-7-3-2-4-8-18)16-34-20-11-13-21(14-12-20)36(32,33)29-22-10-6-5-9-19(22)15-23(29)26(30)31/h2-14,23,25H,15-16H2,1H3,(H,30,31)/t23?,25-/m1/s1. The number of fused-ring (bicyclic) bond motifs is 1. The summed E-state index contributed by atoms with van der Waals surface area (Å²) < 4.78 is 41.1. The molecule has 1 unspecified atom stereocenters. The summed E-state index contributed by atoms with van der Waals surface area (Å²) in [5, 5.41) is 9.66. The molecule has 2 aliphatic rings. The molecule has 0 saturated heterocycles. The van der Waals surface area contributed by atoms with Crippen molar-refractivity contribution in [2.24, 2.45) is 0 Å². The van der Waals surface area contributed by atoms with Crippen molar-refractivity contribution < 1.29 is 27.8 Å². The minimum absolute atomic E-state index is 0.0273. The number of allylic oxidation sites excluding steroid dienone is 1. The fourth-order valence-corrected chi connectivity index (χ4v) is 6.33. The minimum atomic E-state index is -4.11. The number of halogens is 1. The summed E-state index contributed by atoms with van der Waals surface area (Å²) in [4.78, 5) is 11.8. The number of hydrogen-bond donors (Lipinski definition) is 1. The van der Waals surface area contributed by atoms with Crippen LogP contribution in [0.2, 0.25) is 0 Å². The SMILES string of the molecule is CC1=C(COc2ccc(S(=O)(=O)N3c4ccccc4CC3C(=O)O)cc2)N(Cl)[C@@H](c2ccccc2)O1. The molecule has 0 bridgehead atoms. The van der Waals surface area contributed by atoms with Crippen LogP contribution in [-0.2, 0) is 26.0 Å². The van der Waals surface area contributed by atoms with Gasteiger partial charge in [-0.3, -0.25) is 4.31 Å². The number of aliphatic carboxylic acids is 1. The van der Waals surface area contributed by atoms with Gasteiger partial charge in [-0.15, -0.1) is 0 Å². The van der Waals surface area contributed by atoms with Crippen molar-refractivity contribution in [3.05, 3.63) is 101 Å². The van der Waals surface area contributed by atoms with Gasteiger partial charge in [-0.2, -0.15) is 0 Å². The van der Waals surface area contributed by atoms with Crippen LogP contribution >= 0.6 is 11.8 Å². The molecule has 36 heavy (non-hydrogen) atoms. The summed E-state index contributed by atoms with van der Waals surface area (Å²) in [6.07, 6.45) is -0.356. The number of benzene rings is 3. The lowest BCUT2D eigenvalue weighted by molar-refractivity contribution is -0.138. The highest BCUT2D eigenvalue weighted by Gasteiger charge is 2.42. The second kappa shape index (κ2) is 9.40. The zero-order chi connectivity index (χ0) is 25.4. The van der Waals surface area contributed by atoms with Crippen LogP contribution in [0.3, 0.4) is 0 Å². The quantitative estimate of drug-likeness (QED) is 0.446. The van der Waals surface area contributed by atoms with Crippen LogP contribution in [-0.4, -0.2) is 36.6 Å². The normalized spacial score (nSPS) is 19.3. The molecule has 0 aromatic heterocycles. The van der Waals surface area contributed by atoms with Gasteiger partial charge >= 0.3 is 5.97 Å². The monoisotopic (exact) mass is 526 g/mol. The summed E-state index contributed by atoms with van der Waals surface area (Å²) >= 11 is 6.52. The molecule has 0 radical (unpaired) electrons. The van der Waals surface area contributed by atoms with Gasteiger partial charge in [0.15, 0.2) is 0 Å². The Hall–Kier alpha value is -3.69. The molecule has 186 valence electrons. The maximum atomic E-state index is 13.4. The van der Waals surface area contributed by atoms with Crippen LogP contribution in [0.5, 0.6) is 5.75 Å². The number of para-hydroxylation sites is 1. The first-order valence-corrected chi connectivity index (χ1v) is 13.0. The zero-order valence-electron chi connectivity index (χ0n) is 19.2. The fraction of sp³-hybridized carbons (Fsp3) is 0.192. The van der Waals surface area contributed by atoms with Gasteiger partial charge in [0.2, 0.25) is 6.23 Å². The van der Waals surface area contributed by atoms with E-state index in [0.717, 1.165) is 9.87 Å². The van der Waals surface area contributed by atoms with E-state index >= 15 is 0 Å². The second-order valence-electron chi connectivity index (χ2n) is 8.44. The van der Waals surface area contributed by atoms with E-state index in [2.05, 4.69) is 0 Å². The largest absolute Gasteiger partial charge is 0.487 e. The molecular formula is C26H23ClN2O6S. The lowest BCUT2D eigenvalue weighted by Crippen LogP contribution is -2.42. The number of nitrogens with zero attached hydrogens (tertiary/aromatic N) is 2. The minimum Gasteiger partial charge on any atom is -0.487 e. The number of ether oxygens (including phenoxy) is 2. The van der Waals surface area contributed by atoms with Gasteiger partial charge < -0.3 is 14.6 Å². The number of sulfonamides is 1. The van der Waals surface area contributed by atoms with E-state index in [1.165, 1.54) is 28.7 Å². The molecule has 2 aliphatic heterocycles. The fourth-order valence-electron chi connectivity index (χ4n) is 4.37. The smallest absolute Gasteiger partial charge is 0.327 e. The number of hydrogen-bond acceptors (Lipinski definition) is 6. The topological polar surface area (TPSA) is 96.4 Å². The zero-order valence-corrected chi connectivity index (χ0v) is 20.8. The Kier molecular flexibility index (Phi) is 6.27. The average Bonchev–Trinajstić information content (AvgIpc) is 3.41. The number of anilines is 1. The number of carbonyl (C=O) groups is 1. The van der Waals surface area contributed by atoms with Gasteiger partial charge in [-0.25, -0.2) is 17.6 Å². The highest BCUT2D eigenvalue weighted by atomic mass is 35.5. The van der Waals surface area contributed by atoms with Gasteiger partial charge in [-0.1, -0.05) is 48.5 Å². The van der Waals surface area contributed by atoms with E-state index in [0.29, 0.717) is 28.5 Å².